The number of rotatable bonds is 10. The molecule has 10 atom stereocenters. The fraction of sp³-hybridized carbons (Fsp3) is 1.00. The van der Waals surface area contributed by atoms with Gasteiger partial charge in [0.05, 0.1) is 0 Å². The van der Waals surface area contributed by atoms with E-state index >= 15 is 0 Å². The Bertz CT molecular complexity index is 435. The van der Waals surface area contributed by atoms with Crippen LogP contribution < -0.4 is 0 Å². The highest BCUT2D eigenvalue weighted by Crippen LogP contribution is 2.57. The first-order valence-corrected chi connectivity index (χ1v) is 13.1. The second-order valence-electron chi connectivity index (χ2n) is 10.9. The summed E-state index contributed by atoms with van der Waals surface area (Å²) in [4.78, 5) is 0. The minimum absolute atomic E-state index is 0.808. The van der Waals surface area contributed by atoms with Gasteiger partial charge in [0.25, 0.3) is 0 Å². The van der Waals surface area contributed by atoms with Crippen molar-refractivity contribution in [1.29, 1.82) is 0 Å². The Morgan fingerprint density at radius 1 is 0.552 bits per heavy atom. The van der Waals surface area contributed by atoms with Crippen molar-refractivity contribution in [3.63, 3.8) is 0 Å². The van der Waals surface area contributed by atoms with E-state index in [0.717, 1.165) is 72.4 Å². The van der Waals surface area contributed by atoms with Gasteiger partial charge in [-0.3, -0.25) is 0 Å². The van der Waals surface area contributed by atoms with Crippen LogP contribution in [0.15, 0.2) is 0 Å². The molecule has 0 aromatic carbocycles. The Kier molecular flexibility index (Phi) is 8.93. The summed E-state index contributed by atoms with van der Waals surface area (Å²) in [6.07, 6.45) is 12.8. The lowest BCUT2D eigenvalue weighted by Gasteiger charge is -2.34. The van der Waals surface area contributed by atoms with E-state index in [1.807, 2.05) is 14.2 Å². The van der Waals surface area contributed by atoms with Crippen molar-refractivity contribution in [2.24, 2.45) is 59.2 Å². The molecule has 0 bridgehead atoms. The first-order chi connectivity index (χ1) is 14.1. The molecule has 3 rings (SSSR count). The molecule has 0 spiro atoms. The summed E-state index contributed by atoms with van der Waals surface area (Å²) in [6.45, 7) is 11.7. The first kappa shape index (κ1) is 23.6. The maximum absolute atomic E-state index is 5.76. The Hall–Kier alpha value is -0.0800. The quantitative estimate of drug-likeness (QED) is 0.386. The molecule has 29 heavy (non-hydrogen) atoms. The van der Waals surface area contributed by atoms with Gasteiger partial charge < -0.3 is 9.47 Å². The minimum atomic E-state index is 0.808. The van der Waals surface area contributed by atoms with E-state index in [4.69, 9.17) is 9.47 Å². The number of methoxy groups -OCH3 is 2. The first-order valence-electron chi connectivity index (χ1n) is 13.1. The molecule has 0 N–H and O–H groups in total. The van der Waals surface area contributed by atoms with Crippen LogP contribution in [0.25, 0.3) is 0 Å². The van der Waals surface area contributed by atoms with Crippen LogP contribution in [-0.4, -0.2) is 27.4 Å². The topological polar surface area (TPSA) is 18.5 Å². The van der Waals surface area contributed by atoms with E-state index in [1.54, 1.807) is 0 Å². The zero-order valence-electron chi connectivity index (χ0n) is 20.4. The van der Waals surface area contributed by atoms with Crippen LogP contribution in [0, 0.1) is 59.2 Å². The van der Waals surface area contributed by atoms with Gasteiger partial charge in [-0.25, -0.2) is 0 Å². The van der Waals surface area contributed by atoms with Crippen molar-refractivity contribution in [2.45, 2.75) is 85.5 Å². The normalized spacial score (nSPS) is 45.3. The molecule has 2 nitrogen and oxygen atoms in total. The van der Waals surface area contributed by atoms with Crippen molar-refractivity contribution < 1.29 is 9.47 Å². The second kappa shape index (κ2) is 11.0. The van der Waals surface area contributed by atoms with Crippen molar-refractivity contribution >= 4 is 0 Å². The predicted molar refractivity (Wildman–Crippen MR) is 123 cm³/mol. The van der Waals surface area contributed by atoms with Gasteiger partial charge in [0.2, 0.25) is 0 Å². The fourth-order valence-electron chi connectivity index (χ4n) is 8.69. The molecule has 0 aromatic rings. The van der Waals surface area contributed by atoms with Gasteiger partial charge in [-0.2, -0.15) is 0 Å². The fourth-order valence-corrected chi connectivity index (χ4v) is 8.69. The molecule has 0 aromatic heterocycles. The summed E-state index contributed by atoms with van der Waals surface area (Å²) in [5, 5.41) is 0. The molecule has 0 heterocycles. The van der Waals surface area contributed by atoms with Gasteiger partial charge in [0, 0.05) is 27.4 Å². The summed E-state index contributed by atoms with van der Waals surface area (Å²) in [7, 11) is 3.84. The molecule has 170 valence electrons. The van der Waals surface area contributed by atoms with Gasteiger partial charge >= 0.3 is 0 Å². The van der Waals surface area contributed by atoms with Crippen LogP contribution in [0.2, 0.25) is 0 Å². The summed E-state index contributed by atoms with van der Waals surface area (Å²) >= 11 is 0. The third-order valence-corrected chi connectivity index (χ3v) is 9.92. The second-order valence-corrected chi connectivity index (χ2v) is 10.9. The van der Waals surface area contributed by atoms with E-state index in [1.165, 1.54) is 57.8 Å². The van der Waals surface area contributed by atoms with E-state index in [2.05, 4.69) is 27.7 Å². The average Bonchev–Trinajstić information content (AvgIpc) is 3.43. The van der Waals surface area contributed by atoms with Crippen molar-refractivity contribution in [2.75, 3.05) is 27.4 Å². The van der Waals surface area contributed by atoms with Gasteiger partial charge in [0.1, 0.15) is 0 Å². The Labute approximate surface area is 181 Å². The third kappa shape index (κ3) is 4.74. The number of hydrogen-bond acceptors (Lipinski definition) is 2. The van der Waals surface area contributed by atoms with Crippen LogP contribution in [0.3, 0.4) is 0 Å². The molecule has 3 aliphatic rings. The monoisotopic (exact) mass is 406 g/mol. The van der Waals surface area contributed by atoms with Crippen LogP contribution >= 0.6 is 0 Å². The zero-order chi connectivity index (χ0) is 21.0. The van der Waals surface area contributed by atoms with E-state index in [0.29, 0.717) is 0 Å². The molecule has 0 amide bonds. The van der Waals surface area contributed by atoms with Crippen molar-refractivity contribution in [3.8, 4) is 0 Å². The Morgan fingerprint density at radius 2 is 0.931 bits per heavy atom. The van der Waals surface area contributed by atoms with Crippen molar-refractivity contribution in [1.82, 2.24) is 0 Å². The molecule has 2 heteroatoms. The summed E-state index contributed by atoms with van der Waals surface area (Å²) in [5.74, 6) is 9.00. The summed E-state index contributed by atoms with van der Waals surface area (Å²) in [5.41, 5.74) is 0. The molecule has 3 aliphatic carbocycles. The highest BCUT2D eigenvalue weighted by molar-refractivity contribution is 5.00. The SMILES string of the molecule is CCC1C[C@H](CC)[C@H](COC)[C@H]1C1CCC([C@@H]2[C@H](CC)C[C@@H](CC)[C@H]2COC)C1. The van der Waals surface area contributed by atoms with Gasteiger partial charge in [0.15, 0.2) is 0 Å². The van der Waals surface area contributed by atoms with Crippen LogP contribution in [-0.2, 0) is 9.47 Å². The van der Waals surface area contributed by atoms with E-state index < -0.39 is 0 Å². The average molecular weight is 407 g/mol. The highest BCUT2D eigenvalue weighted by Gasteiger charge is 2.51. The lowest BCUT2D eigenvalue weighted by molar-refractivity contribution is 0.0658. The molecule has 0 saturated heterocycles. The molecular weight excluding hydrogens is 356 g/mol. The highest BCUT2D eigenvalue weighted by atomic mass is 16.5. The minimum Gasteiger partial charge on any atom is -0.384 e. The Balaban J connectivity index is 1.75. The van der Waals surface area contributed by atoms with Crippen LogP contribution in [0.1, 0.15) is 85.5 Å². The van der Waals surface area contributed by atoms with Crippen LogP contribution in [0.4, 0.5) is 0 Å². The maximum Gasteiger partial charge on any atom is 0.0496 e. The number of hydrogen-bond donors (Lipinski definition) is 0. The van der Waals surface area contributed by atoms with Gasteiger partial charge in [-0.1, -0.05) is 53.4 Å². The van der Waals surface area contributed by atoms with E-state index in [9.17, 15) is 0 Å². The Morgan fingerprint density at radius 3 is 1.24 bits per heavy atom. The predicted octanol–water partition coefficient (Wildman–Crippen LogP) is 7.07. The molecule has 3 unspecified atom stereocenters. The molecule has 0 radical (unpaired) electrons. The molecule has 3 fully saturated rings. The summed E-state index contributed by atoms with van der Waals surface area (Å²) in [6, 6.07) is 0. The van der Waals surface area contributed by atoms with Crippen LogP contribution in [0.5, 0.6) is 0 Å². The van der Waals surface area contributed by atoms with Crippen molar-refractivity contribution in [3.05, 3.63) is 0 Å². The lowest BCUT2D eigenvalue weighted by Crippen LogP contribution is -2.30. The molecule has 0 aliphatic heterocycles. The van der Waals surface area contributed by atoms with E-state index in [-0.39, 0.29) is 0 Å². The number of ether oxygens (including phenoxy) is 2. The largest absolute Gasteiger partial charge is 0.384 e. The molecule has 3 saturated carbocycles. The maximum atomic E-state index is 5.76. The molecular formula is C27H50O2. The smallest absolute Gasteiger partial charge is 0.0496 e. The lowest BCUT2D eigenvalue weighted by atomic mass is 9.72. The zero-order valence-corrected chi connectivity index (χ0v) is 20.4. The standard InChI is InChI=1S/C27H50O2/c1-7-18-13-20(9-3)26(24(18)16-28-5)22-11-12-23(15-22)27-21(10-4)14-19(8-2)25(27)17-29-6/h18-27H,7-17H2,1-6H3/t18-,19+,20-,21?,22?,23?,24-,25+,26+,27-/m1/s1. The summed E-state index contributed by atoms with van der Waals surface area (Å²) < 4.78 is 11.5. The van der Waals surface area contributed by atoms with Gasteiger partial charge in [-0.15, -0.1) is 0 Å². The van der Waals surface area contributed by atoms with Gasteiger partial charge in [-0.05, 0) is 91.3 Å². The third-order valence-electron chi connectivity index (χ3n) is 9.92.